The normalized spacial score (nSPS) is 10.6. The molecule has 2 heterocycles. The quantitative estimate of drug-likeness (QED) is 0.842. The van der Waals surface area contributed by atoms with E-state index >= 15 is 0 Å². The van der Waals surface area contributed by atoms with Gasteiger partial charge >= 0.3 is 0 Å². The van der Waals surface area contributed by atoms with Crippen molar-refractivity contribution in [1.82, 2.24) is 20.1 Å². The molecule has 0 fully saturated rings. The number of nitrogens with zero attached hydrogens (tertiary/aromatic N) is 3. The highest BCUT2D eigenvalue weighted by atomic mass is 35.5. The van der Waals surface area contributed by atoms with E-state index in [-0.39, 0.29) is 11.1 Å². The van der Waals surface area contributed by atoms with Crippen molar-refractivity contribution in [2.75, 3.05) is 5.73 Å². The lowest BCUT2D eigenvalue weighted by Crippen LogP contribution is -2.24. The van der Waals surface area contributed by atoms with Crippen LogP contribution in [0.15, 0.2) is 12.3 Å². The van der Waals surface area contributed by atoms with Gasteiger partial charge in [0.1, 0.15) is 5.15 Å². The maximum absolute atomic E-state index is 12.1. The summed E-state index contributed by atoms with van der Waals surface area (Å²) in [5.74, 6) is -0.283. The van der Waals surface area contributed by atoms with Crippen molar-refractivity contribution in [3.8, 4) is 0 Å². The standard InChI is InChI=1S/C13H16ClN5O/c1-7-10(8(2)19(3)18-7)5-17-13(20)9-4-12(14)16-6-11(9)15/h4,6H,5,15H2,1-3H3,(H,17,20). The Morgan fingerprint density at radius 2 is 2.20 bits per heavy atom. The van der Waals surface area contributed by atoms with E-state index in [0.29, 0.717) is 17.8 Å². The fourth-order valence-corrected chi connectivity index (χ4v) is 2.13. The Kier molecular flexibility index (Phi) is 3.94. The Balaban J connectivity index is 2.15. The number of amides is 1. The molecule has 106 valence electrons. The topological polar surface area (TPSA) is 85.8 Å². The molecule has 2 aromatic heterocycles. The first-order valence-corrected chi connectivity index (χ1v) is 6.46. The van der Waals surface area contributed by atoms with Crippen molar-refractivity contribution in [1.29, 1.82) is 0 Å². The predicted molar refractivity (Wildman–Crippen MR) is 77.5 cm³/mol. The van der Waals surface area contributed by atoms with Crippen molar-refractivity contribution in [3.05, 3.63) is 39.9 Å². The second-order valence-corrected chi connectivity index (χ2v) is 4.94. The number of hydrogen-bond donors (Lipinski definition) is 2. The molecule has 0 aromatic carbocycles. The number of nitrogens with one attached hydrogen (secondary N) is 1. The molecule has 3 N–H and O–H groups in total. The fraction of sp³-hybridized carbons (Fsp3) is 0.308. The van der Waals surface area contributed by atoms with Crippen LogP contribution >= 0.6 is 11.6 Å². The van der Waals surface area contributed by atoms with E-state index in [9.17, 15) is 4.79 Å². The van der Waals surface area contributed by atoms with Crippen LogP contribution < -0.4 is 11.1 Å². The van der Waals surface area contributed by atoms with Gasteiger partial charge in [-0.05, 0) is 19.9 Å². The minimum Gasteiger partial charge on any atom is -0.397 e. The zero-order valence-electron chi connectivity index (χ0n) is 11.6. The van der Waals surface area contributed by atoms with Crippen LogP contribution in [0.3, 0.4) is 0 Å². The van der Waals surface area contributed by atoms with Crippen molar-refractivity contribution in [2.45, 2.75) is 20.4 Å². The van der Waals surface area contributed by atoms with Crippen LogP contribution in [0.1, 0.15) is 27.3 Å². The molecule has 2 aromatic rings. The number of rotatable bonds is 3. The van der Waals surface area contributed by atoms with Crippen molar-refractivity contribution >= 4 is 23.2 Å². The molecule has 0 atom stereocenters. The first-order chi connectivity index (χ1) is 9.40. The highest BCUT2D eigenvalue weighted by Gasteiger charge is 2.14. The first-order valence-electron chi connectivity index (χ1n) is 6.08. The molecule has 0 bridgehead atoms. The average Bonchev–Trinajstić information content (AvgIpc) is 2.64. The lowest BCUT2D eigenvalue weighted by molar-refractivity contribution is 0.0951. The van der Waals surface area contributed by atoms with Crippen molar-refractivity contribution in [3.63, 3.8) is 0 Å². The average molecular weight is 294 g/mol. The van der Waals surface area contributed by atoms with Crippen LogP contribution in [0.25, 0.3) is 0 Å². The Morgan fingerprint density at radius 3 is 2.80 bits per heavy atom. The number of aromatic nitrogens is 3. The molecule has 0 aliphatic heterocycles. The molecule has 0 radical (unpaired) electrons. The number of carbonyl (C=O) groups is 1. The maximum atomic E-state index is 12.1. The van der Waals surface area contributed by atoms with Crippen LogP contribution in [0.5, 0.6) is 0 Å². The number of aryl methyl sites for hydroxylation is 2. The Morgan fingerprint density at radius 1 is 1.50 bits per heavy atom. The van der Waals surface area contributed by atoms with Crippen molar-refractivity contribution < 1.29 is 4.79 Å². The Labute approximate surface area is 121 Å². The lowest BCUT2D eigenvalue weighted by atomic mass is 10.1. The number of pyridine rings is 1. The molecule has 0 saturated heterocycles. The van der Waals surface area contributed by atoms with E-state index in [1.54, 1.807) is 4.68 Å². The maximum Gasteiger partial charge on any atom is 0.253 e. The minimum absolute atomic E-state index is 0.234. The van der Waals surface area contributed by atoms with Crippen LogP contribution in [0.4, 0.5) is 5.69 Å². The van der Waals surface area contributed by atoms with Crippen molar-refractivity contribution in [2.24, 2.45) is 7.05 Å². The third-order valence-corrected chi connectivity index (χ3v) is 3.44. The summed E-state index contributed by atoms with van der Waals surface area (Å²) in [6.07, 6.45) is 1.37. The van der Waals surface area contributed by atoms with Gasteiger partial charge in [-0.25, -0.2) is 4.98 Å². The van der Waals surface area contributed by atoms with E-state index in [1.165, 1.54) is 12.3 Å². The van der Waals surface area contributed by atoms with E-state index in [4.69, 9.17) is 17.3 Å². The van der Waals surface area contributed by atoms with Gasteiger partial charge in [0.25, 0.3) is 5.91 Å². The van der Waals surface area contributed by atoms with E-state index in [1.807, 2.05) is 20.9 Å². The third-order valence-electron chi connectivity index (χ3n) is 3.23. The van der Waals surface area contributed by atoms with Gasteiger partial charge in [-0.3, -0.25) is 9.48 Å². The lowest BCUT2D eigenvalue weighted by Gasteiger charge is -2.08. The molecule has 6 nitrogen and oxygen atoms in total. The number of carbonyl (C=O) groups excluding carboxylic acids is 1. The van der Waals surface area contributed by atoms with Crippen LogP contribution in [0, 0.1) is 13.8 Å². The highest BCUT2D eigenvalue weighted by molar-refractivity contribution is 6.29. The van der Waals surface area contributed by atoms with Gasteiger partial charge in [-0.1, -0.05) is 11.6 Å². The molecular weight excluding hydrogens is 278 g/mol. The number of hydrogen-bond acceptors (Lipinski definition) is 4. The van der Waals surface area contributed by atoms with Gasteiger partial charge in [0.15, 0.2) is 0 Å². The molecular formula is C13H16ClN5O. The summed E-state index contributed by atoms with van der Waals surface area (Å²) in [7, 11) is 1.87. The third kappa shape index (κ3) is 2.75. The minimum atomic E-state index is -0.283. The SMILES string of the molecule is Cc1nn(C)c(C)c1CNC(=O)c1cc(Cl)ncc1N. The summed E-state index contributed by atoms with van der Waals surface area (Å²) in [6, 6.07) is 1.45. The van der Waals surface area contributed by atoms with Crippen LogP contribution in [-0.4, -0.2) is 20.7 Å². The molecule has 0 spiro atoms. The zero-order valence-corrected chi connectivity index (χ0v) is 12.3. The van der Waals surface area contributed by atoms with Gasteiger partial charge in [0.2, 0.25) is 0 Å². The van der Waals surface area contributed by atoms with E-state index in [2.05, 4.69) is 15.4 Å². The summed E-state index contributed by atoms with van der Waals surface area (Å²) in [5, 5.41) is 7.36. The van der Waals surface area contributed by atoms with Gasteiger partial charge in [-0.15, -0.1) is 0 Å². The van der Waals surface area contributed by atoms with E-state index in [0.717, 1.165) is 17.0 Å². The van der Waals surface area contributed by atoms with Gasteiger partial charge in [0, 0.05) is 24.8 Å². The molecule has 0 aliphatic carbocycles. The summed E-state index contributed by atoms with van der Waals surface area (Å²) < 4.78 is 1.79. The molecule has 0 saturated carbocycles. The number of anilines is 1. The second kappa shape index (κ2) is 5.50. The molecule has 0 aliphatic rings. The molecule has 2 rings (SSSR count). The zero-order chi connectivity index (χ0) is 14.9. The van der Waals surface area contributed by atoms with E-state index < -0.39 is 0 Å². The monoisotopic (exact) mass is 293 g/mol. The van der Waals surface area contributed by atoms with Gasteiger partial charge in [-0.2, -0.15) is 5.10 Å². The van der Waals surface area contributed by atoms with Gasteiger partial charge < -0.3 is 11.1 Å². The van der Waals surface area contributed by atoms with Crippen LogP contribution in [0.2, 0.25) is 5.15 Å². The van der Waals surface area contributed by atoms with Crippen LogP contribution in [-0.2, 0) is 13.6 Å². The number of nitrogen functional groups attached to an aromatic ring is 1. The Bertz CT molecular complexity index is 665. The predicted octanol–water partition coefficient (Wildman–Crippen LogP) is 1.60. The molecule has 0 unspecified atom stereocenters. The summed E-state index contributed by atoms with van der Waals surface area (Å²) in [6.45, 7) is 4.26. The fourth-order valence-electron chi connectivity index (χ4n) is 1.97. The second-order valence-electron chi connectivity index (χ2n) is 4.55. The smallest absolute Gasteiger partial charge is 0.253 e. The highest BCUT2D eigenvalue weighted by Crippen LogP contribution is 2.16. The summed E-state index contributed by atoms with van der Waals surface area (Å²) in [5.41, 5.74) is 9.26. The molecule has 20 heavy (non-hydrogen) atoms. The van der Waals surface area contributed by atoms with Gasteiger partial charge in [0.05, 0.1) is 23.1 Å². The Hall–Kier alpha value is -2.08. The number of halogens is 1. The first kappa shape index (κ1) is 14.3. The summed E-state index contributed by atoms with van der Waals surface area (Å²) >= 11 is 5.77. The summed E-state index contributed by atoms with van der Waals surface area (Å²) in [4.78, 5) is 15.9. The number of nitrogens with two attached hydrogens (primary N) is 1. The molecule has 7 heteroatoms. The molecule has 1 amide bonds. The largest absolute Gasteiger partial charge is 0.397 e.